The number of nitrogens with one attached hydrogen (secondary N) is 1. The Balaban J connectivity index is 1.60. The highest BCUT2D eigenvalue weighted by atomic mass is 16.5. The van der Waals surface area contributed by atoms with Crippen LogP contribution in [0.2, 0.25) is 0 Å². The molecule has 2 aromatic carbocycles. The molecule has 8 heteroatoms. The Bertz CT molecular complexity index is 1090. The molecule has 1 aromatic heterocycles. The van der Waals surface area contributed by atoms with Crippen LogP contribution in [0.15, 0.2) is 59.8 Å². The molecule has 1 atom stereocenters. The first-order chi connectivity index (χ1) is 14.6. The van der Waals surface area contributed by atoms with Gasteiger partial charge in [0.1, 0.15) is 18.4 Å². The van der Waals surface area contributed by atoms with Gasteiger partial charge in [0.05, 0.1) is 12.2 Å². The Hall–Kier alpha value is -3.68. The summed E-state index contributed by atoms with van der Waals surface area (Å²) in [5, 5.41) is 14.9. The summed E-state index contributed by atoms with van der Waals surface area (Å²) in [6, 6.07) is 15.3. The number of benzene rings is 2. The van der Waals surface area contributed by atoms with Crippen LogP contribution in [-0.2, 0) is 16.1 Å². The first-order valence-electron chi connectivity index (χ1n) is 9.78. The van der Waals surface area contributed by atoms with Crippen molar-refractivity contribution in [2.45, 2.75) is 33.4 Å². The van der Waals surface area contributed by atoms with Gasteiger partial charge in [-0.05, 0) is 60.0 Å². The second-order valence-electron chi connectivity index (χ2n) is 7.02. The van der Waals surface area contributed by atoms with E-state index in [0.717, 1.165) is 16.9 Å². The molecule has 0 aliphatic carbocycles. The molecule has 3 aromatic rings. The highest BCUT2D eigenvalue weighted by Gasteiger charge is 2.34. The lowest BCUT2D eigenvalue weighted by molar-refractivity contribution is -0.139. The van der Waals surface area contributed by atoms with Crippen LogP contribution in [0.1, 0.15) is 36.6 Å². The summed E-state index contributed by atoms with van der Waals surface area (Å²) in [4.78, 5) is 12.7. The Morgan fingerprint density at radius 1 is 1.13 bits per heavy atom. The Kier molecular flexibility index (Phi) is 5.47. The van der Waals surface area contributed by atoms with E-state index in [1.54, 1.807) is 11.6 Å². The zero-order valence-corrected chi connectivity index (χ0v) is 17.1. The normalized spacial score (nSPS) is 15.4. The van der Waals surface area contributed by atoms with E-state index in [2.05, 4.69) is 39.9 Å². The zero-order valence-electron chi connectivity index (χ0n) is 17.1. The van der Waals surface area contributed by atoms with E-state index in [1.807, 2.05) is 43.3 Å². The van der Waals surface area contributed by atoms with Crippen molar-refractivity contribution in [1.82, 2.24) is 20.2 Å². The van der Waals surface area contributed by atoms with Crippen LogP contribution >= 0.6 is 0 Å². The molecule has 154 valence electrons. The van der Waals surface area contributed by atoms with Crippen LogP contribution in [0.5, 0.6) is 5.75 Å². The number of anilines is 1. The number of allylic oxidation sites excluding steroid dienone is 1. The van der Waals surface area contributed by atoms with Crippen LogP contribution in [0.25, 0.3) is 0 Å². The highest BCUT2D eigenvalue weighted by molar-refractivity contribution is 5.92. The van der Waals surface area contributed by atoms with Crippen molar-refractivity contribution in [1.29, 1.82) is 0 Å². The molecule has 30 heavy (non-hydrogen) atoms. The lowest BCUT2D eigenvalue weighted by Gasteiger charge is -2.27. The Labute approximate surface area is 174 Å². The number of carbonyl (C=O) groups excluding carboxylic acids is 1. The minimum atomic E-state index is -0.485. The third-order valence-corrected chi connectivity index (χ3v) is 5.06. The van der Waals surface area contributed by atoms with Crippen LogP contribution < -0.4 is 10.1 Å². The quantitative estimate of drug-likeness (QED) is 0.628. The second-order valence-corrected chi connectivity index (χ2v) is 7.02. The molecule has 1 unspecified atom stereocenters. The summed E-state index contributed by atoms with van der Waals surface area (Å²) in [7, 11) is 0. The lowest BCUT2D eigenvalue weighted by atomic mass is 9.96. The number of hydrogen-bond donors (Lipinski definition) is 1. The molecule has 1 aliphatic heterocycles. The summed E-state index contributed by atoms with van der Waals surface area (Å²) >= 11 is 0. The fraction of sp³-hybridized carbons (Fsp3) is 0.273. The zero-order chi connectivity index (χ0) is 21.1. The largest absolute Gasteiger partial charge is 0.489 e. The van der Waals surface area contributed by atoms with Crippen molar-refractivity contribution in [2.75, 3.05) is 11.9 Å². The number of aromatic nitrogens is 4. The maximum Gasteiger partial charge on any atom is 0.338 e. The fourth-order valence-electron chi connectivity index (χ4n) is 3.47. The number of nitrogens with zero attached hydrogens (tertiary/aromatic N) is 4. The van der Waals surface area contributed by atoms with E-state index < -0.39 is 12.0 Å². The maximum absolute atomic E-state index is 12.7. The number of ether oxygens (including phenoxy) is 2. The van der Waals surface area contributed by atoms with Gasteiger partial charge in [0, 0.05) is 5.70 Å². The number of hydrogen-bond acceptors (Lipinski definition) is 7. The van der Waals surface area contributed by atoms with E-state index in [0.29, 0.717) is 23.8 Å². The summed E-state index contributed by atoms with van der Waals surface area (Å²) in [5.74, 6) is 0.824. The number of tetrazole rings is 1. The predicted octanol–water partition coefficient (Wildman–Crippen LogP) is 3.41. The molecule has 0 spiro atoms. The van der Waals surface area contributed by atoms with Crippen molar-refractivity contribution in [3.8, 4) is 5.75 Å². The van der Waals surface area contributed by atoms with E-state index in [1.165, 1.54) is 5.56 Å². The summed E-state index contributed by atoms with van der Waals surface area (Å²) in [6.45, 7) is 6.44. The lowest BCUT2D eigenvalue weighted by Crippen LogP contribution is -2.29. The predicted molar refractivity (Wildman–Crippen MR) is 111 cm³/mol. The molecule has 0 saturated heterocycles. The third-order valence-electron chi connectivity index (χ3n) is 5.06. The smallest absolute Gasteiger partial charge is 0.338 e. The van der Waals surface area contributed by atoms with Gasteiger partial charge in [0.15, 0.2) is 0 Å². The van der Waals surface area contributed by atoms with Crippen molar-refractivity contribution in [3.05, 3.63) is 76.5 Å². The SMILES string of the molecule is CCOC(=O)C1=C(C)Nc2nnnn2C1c1ccc(OCc2ccccc2C)cc1. The number of carbonyl (C=O) groups is 1. The molecule has 8 nitrogen and oxygen atoms in total. The van der Waals surface area contributed by atoms with Gasteiger partial charge in [-0.25, -0.2) is 4.79 Å². The van der Waals surface area contributed by atoms with Crippen molar-refractivity contribution >= 4 is 11.9 Å². The summed E-state index contributed by atoms with van der Waals surface area (Å²) in [6.07, 6.45) is 0. The van der Waals surface area contributed by atoms with Crippen LogP contribution in [-0.4, -0.2) is 32.8 Å². The van der Waals surface area contributed by atoms with Gasteiger partial charge < -0.3 is 14.8 Å². The van der Waals surface area contributed by atoms with Crippen LogP contribution in [0.3, 0.4) is 0 Å². The Morgan fingerprint density at radius 3 is 2.63 bits per heavy atom. The van der Waals surface area contributed by atoms with Crippen molar-refractivity contribution in [2.24, 2.45) is 0 Å². The number of aryl methyl sites for hydroxylation is 1. The van der Waals surface area contributed by atoms with E-state index >= 15 is 0 Å². The fourth-order valence-corrected chi connectivity index (χ4v) is 3.47. The summed E-state index contributed by atoms with van der Waals surface area (Å²) < 4.78 is 12.8. The van der Waals surface area contributed by atoms with Crippen molar-refractivity contribution < 1.29 is 14.3 Å². The number of fused-ring (bicyclic) bond motifs is 1. The van der Waals surface area contributed by atoms with Gasteiger partial charge in [-0.1, -0.05) is 41.5 Å². The van der Waals surface area contributed by atoms with E-state index in [4.69, 9.17) is 9.47 Å². The first kappa shape index (κ1) is 19.6. The minimum Gasteiger partial charge on any atom is -0.489 e. The maximum atomic E-state index is 12.7. The van der Waals surface area contributed by atoms with Gasteiger partial charge in [0.25, 0.3) is 0 Å². The number of rotatable bonds is 6. The molecule has 0 saturated carbocycles. The molecular formula is C22H23N5O3. The average molecular weight is 405 g/mol. The first-order valence-corrected chi connectivity index (χ1v) is 9.78. The monoisotopic (exact) mass is 405 g/mol. The van der Waals surface area contributed by atoms with Gasteiger partial charge in [-0.2, -0.15) is 4.68 Å². The molecule has 4 rings (SSSR count). The van der Waals surface area contributed by atoms with Gasteiger partial charge in [0.2, 0.25) is 5.95 Å². The minimum absolute atomic E-state index is 0.288. The van der Waals surface area contributed by atoms with Gasteiger partial charge in [-0.15, -0.1) is 0 Å². The topological polar surface area (TPSA) is 91.2 Å². The van der Waals surface area contributed by atoms with Gasteiger partial charge in [-0.3, -0.25) is 0 Å². The molecule has 1 N–H and O–H groups in total. The molecule has 0 amide bonds. The average Bonchev–Trinajstić information content (AvgIpc) is 3.21. The molecule has 0 radical (unpaired) electrons. The standard InChI is InChI=1S/C22H23N5O3/c1-4-29-21(28)19-15(3)23-22-24-25-26-27(22)20(19)16-9-11-18(12-10-16)30-13-17-8-6-5-7-14(17)2/h5-12,20H,4,13H2,1-3H3,(H,23,24,26). The molecule has 1 aliphatic rings. The van der Waals surface area contributed by atoms with Crippen LogP contribution in [0.4, 0.5) is 5.95 Å². The summed E-state index contributed by atoms with van der Waals surface area (Å²) in [5.41, 5.74) is 4.33. The number of esters is 1. The third kappa shape index (κ3) is 3.76. The Morgan fingerprint density at radius 2 is 1.90 bits per heavy atom. The molecule has 0 fully saturated rings. The highest BCUT2D eigenvalue weighted by Crippen LogP contribution is 2.35. The van der Waals surface area contributed by atoms with Crippen LogP contribution in [0, 0.1) is 6.92 Å². The van der Waals surface area contributed by atoms with E-state index in [9.17, 15) is 4.79 Å². The second kappa shape index (κ2) is 8.36. The van der Waals surface area contributed by atoms with E-state index in [-0.39, 0.29) is 6.61 Å². The molecule has 0 bridgehead atoms. The van der Waals surface area contributed by atoms with Gasteiger partial charge >= 0.3 is 5.97 Å². The van der Waals surface area contributed by atoms with Crippen molar-refractivity contribution in [3.63, 3.8) is 0 Å². The molecular weight excluding hydrogens is 382 g/mol. The molecule has 2 heterocycles.